The molecular formula is C13H5BrCl2F2O. The Bertz CT molecular complexity index is 674. The average Bonchev–Trinajstić information content (AvgIpc) is 2.39. The Morgan fingerprint density at radius 3 is 2.42 bits per heavy atom. The summed E-state index contributed by atoms with van der Waals surface area (Å²) in [5.41, 5.74) is 0.101. The molecule has 0 radical (unpaired) electrons. The number of halogens is 5. The molecule has 0 heterocycles. The number of hydrogen-bond acceptors (Lipinski definition) is 1. The first kappa shape index (κ1) is 14.4. The molecule has 6 heteroatoms. The van der Waals surface area contributed by atoms with E-state index in [1.165, 1.54) is 18.2 Å². The molecule has 0 bridgehead atoms. The van der Waals surface area contributed by atoms with E-state index in [4.69, 9.17) is 23.2 Å². The summed E-state index contributed by atoms with van der Waals surface area (Å²) in [5, 5.41) is 0.289. The summed E-state index contributed by atoms with van der Waals surface area (Å²) in [6, 6.07) is 6.61. The van der Waals surface area contributed by atoms with Crippen LogP contribution in [0.1, 0.15) is 15.9 Å². The highest BCUT2D eigenvalue weighted by atomic mass is 79.9. The summed E-state index contributed by atoms with van der Waals surface area (Å²) in [5.74, 6) is -2.71. The molecule has 98 valence electrons. The summed E-state index contributed by atoms with van der Waals surface area (Å²) in [6.07, 6.45) is 0. The summed E-state index contributed by atoms with van der Waals surface area (Å²) < 4.78 is 26.2. The Labute approximate surface area is 126 Å². The quantitative estimate of drug-likeness (QED) is 0.523. The highest BCUT2D eigenvalue weighted by Gasteiger charge is 2.20. The van der Waals surface area contributed by atoms with Crippen LogP contribution in [0.5, 0.6) is 0 Å². The summed E-state index contributed by atoms with van der Waals surface area (Å²) in [7, 11) is 0. The van der Waals surface area contributed by atoms with Crippen LogP contribution in [0.25, 0.3) is 0 Å². The Morgan fingerprint density at radius 2 is 1.74 bits per heavy atom. The molecule has 19 heavy (non-hydrogen) atoms. The minimum atomic E-state index is -1.12. The molecular weight excluding hydrogens is 361 g/mol. The van der Waals surface area contributed by atoms with Crippen molar-refractivity contribution in [3.05, 3.63) is 67.6 Å². The molecule has 0 N–H and O–H groups in total. The monoisotopic (exact) mass is 364 g/mol. The molecule has 2 rings (SSSR count). The second kappa shape index (κ2) is 5.57. The van der Waals surface area contributed by atoms with Crippen molar-refractivity contribution < 1.29 is 13.6 Å². The lowest BCUT2D eigenvalue weighted by molar-refractivity contribution is 0.103. The van der Waals surface area contributed by atoms with Crippen molar-refractivity contribution in [1.29, 1.82) is 0 Å². The normalized spacial score (nSPS) is 10.6. The molecule has 0 aliphatic carbocycles. The number of carbonyl (C=O) groups excluding carboxylic acids is 1. The third-order valence-corrected chi connectivity index (χ3v) is 4.07. The van der Waals surface area contributed by atoms with E-state index in [1.54, 1.807) is 6.07 Å². The SMILES string of the molecule is O=C(c1cccc(Cl)c1Cl)c1ccc(F)c(F)c1Br. The lowest BCUT2D eigenvalue weighted by Gasteiger charge is -2.07. The van der Waals surface area contributed by atoms with Crippen LogP contribution < -0.4 is 0 Å². The van der Waals surface area contributed by atoms with Crippen LogP contribution in [0.15, 0.2) is 34.8 Å². The molecule has 0 aliphatic heterocycles. The fourth-order valence-electron chi connectivity index (χ4n) is 1.53. The molecule has 2 aromatic carbocycles. The second-order valence-electron chi connectivity index (χ2n) is 3.65. The van der Waals surface area contributed by atoms with Crippen LogP contribution in [-0.4, -0.2) is 5.78 Å². The molecule has 0 saturated heterocycles. The van der Waals surface area contributed by atoms with Gasteiger partial charge in [-0.1, -0.05) is 29.3 Å². The van der Waals surface area contributed by atoms with E-state index < -0.39 is 17.4 Å². The fraction of sp³-hybridized carbons (Fsp3) is 0. The van der Waals surface area contributed by atoms with Crippen LogP contribution >= 0.6 is 39.1 Å². The van der Waals surface area contributed by atoms with E-state index in [-0.39, 0.29) is 25.6 Å². The van der Waals surface area contributed by atoms with Crippen molar-refractivity contribution >= 4 is 44.9 Å². The molecule has 2 aromatic rings. The number of carbonyl (C=O) groups is 1. The van der Waals surface area contributed by atoms with E-state index in [0.717, 1.165) is 6.07 Å². The van der Waals surface area contributed by atoms with Gasteiger partial charge in [-0.25, -0.2) is 8.78 Å². The molecule has 0 fully saturated rings. The molecule has 1 nitrogen and oxygen atoms in total. The maximum Gasteiger partial charge on any atom is 0.195 e. The van der Waals surface area contributed by atoms with Crippen LogP contribution in [0.2, 0.25) is 10.0 Å². The molecule has 0 atom stereocenters. The molecule has 0 saturated carbocycles. The van der Waals surface area contributed by atoms with E-state index >= 15 is 0 Å². The number of rotatable bonds is 2. The molecule has 0 aromatic heterocycles. The Morgan fingerprint density at radius 1 is 1.05 bits per heavy atom. The maximum absolute atomic E-state index is 13.4. The molecule has 0 aliphatic rings. The minimum Gasteiger partial charge on any atom is -0.289 e. The number of ketones is 1. The summed E-state index contributed by atoms with van der Waals surface area (Å²) >= 11 is 14.6. The first-order valence-corrected chi connectivity index (χ1v) is 6.60. The largest absolute Gasteiger partial charge is 0.289 e. The van der Waals surface area contributed by atoms with Gasteiger partial charge in [-0.15, -0.1) is 0 Å². The predicted octanol–water partition coefficient (Wildman–Crippen LogP) is 5.27. The van der Waals surface area contributed by atoms with Gasteiger partial charge in [0.1, 0.15) is 0 Å². The van der Waals surface area contributed by atoms with E-state index in [1.807, 2.05) is 0 Å². The van der Waals surface area contributed by atoms with Crippen molar-refractivity contribution in [2.45, 2.75) is 0 Å². The zero-order valence-electron chi connectivity index (χ0n) is 9.18. The molecule has 0 spiro atoms. The maximum atomic E-state index is 13.4. The zero-order chi connectivity index (χ0) is 14.2. The van der Waals surface area contributed by atoms with Crippen LogP contribution in [-0.2, 0) is 0 Å². The minimum absolute atomic E-state index is 0.0249. The Kier molecular flexibility index (Phi) is 4.23. The number of benzene rings is 2. The second-order valence-corrected chi connectivity index (χ2v) is 5.23. The topological polar surface area (TPSA) is 17.1 Å². The van der Waals surface area contributed by atoms with Gasteiger partial charge >= 0.3 is 0 Å². The lowest BCUT2D eigenvalue weighted by atomic mass is 10.0. The first-order valence-electron chi connectivity index (χ1n) is 5.05. The van der Waals surface area contributed by atoms with E-state index in [9.17, 15) is 13.6 Å². The van der Waals surface area contributed by atoms with Crippen molar-refractivity contribution in [3.8, 4) is 0 Å². The van der Waals surface area contributed by atoms with Gasteiger partial charge in [-0.3, -0.25) is 4.79 Å². The summed E-state index contributed by atoms with van der Waals surface area (Å²) in [4.78, 5) is 12.2. The van der Waals surface area contributed by atoms with Gasteiger partial charge in [0.15, 0.2) is 17.4 Å². The van der Waals surface area contributed by atoms with Gasteiger partial charge in [-0.05, 0) is 40.2 Å². The van der Waals surface area contributed by atoms with Crippen molar-refractivity contribution in [2.75, 3.05) is 0 Å². The summed E-state index contributed by atoms with van der Waals surface area (Å²) in [6.45, 7) is 0. The standard InChI is InChI=1S/C13H5BrCl2F2O/c14-10-6(4-5-9(17)12(10)18)13(19)7-2-1-3-8(15)11(7)16/h1-5H. The first-order chi connectivity index (χ1) is 8.93. The van der Waals surface area contributed by atoms with E-state index in [0.29, 0.717) is 0 Å². The highest BCUT2D eigenvalue weighted by molar-refractivity contribution is 9.10. The third kappa shape index (κ3) is 2.66. The van der Waals surface area contributed by atoms with Gasteiger partial charge < -0.3 is 0 Å². The fourth-order valence-corrected chi connectivity index (χ4v) is 2.41. The van der Waals surface area contributed by atoms with Crippen LogP contribution in [0.3, 0.4) is 0 Å². The third-order valence-electron chi connectivity index (χ3n) is 2.48. The van der Waals surface area contributed by atoms with Crippen molar-refractivity contribution in [3.63, 3.8) is 0 Å². The Balaban J connectivity index is 2.57. The lowest BCUT2D eigenvalue weighted by Crippen LogP contribution is -2.05. The van der Waals surface area contributed by atoms with Gasteiger partial charge in [0.2, 0.25) is 0 Å². The highest BCUT2D eigenvalue weighted by Crippen LogP contribution is 2.30. The van der Waals surface area contributed by atoms with Gasteiger partial charge in [0, 0.05) is 11.1 Å². The van der Waals surface area contributed by atoms with Crippen molar-refractivity contribution in [2.24, 2.45) is 0 Å². The number of hydrogen-bond donors (Lipinski definition) is 0. The zero-order valence-corrected chi connectivity index (χ0v) is 12.3. The molecule has 0 unspecified atom stereocenters. The van der Waals surface area contributed by atoms with Crippen molar-refractivity contribution in [1.82, 2.24) is 0 Å². The van der Waals surface area contributed by atoms with Gasteiger partial charge in [-0.2, -0.15) is 0 Å². The van der Waals surface area contributed by atoms with Gasteiger partial charge in [0.25, 0.3) is 0 Å². The molecule has 0 amide bonds. The van der Waals surface area contributed by atoms with Crippen LogP contribution in [0.4, 0.5) is 8.78 Å². The van der Waals surface area contributed by atoms with E-state index in [2.05, 4.69) is 15.9 Å². The average molecular weight is 366 g/mol. The smallest absolute Gasteiger partial charge is 0.195 e. The predicted molar refractivity (Wildman–Crippen MR) is 74.0 cm³/mol. The Hall–Kier alpha value is -0.970. The van der Waals surface area contributed by atoms with Gasteiger partial charge in [0.05, 0.1) is 14.5 Å². The van der Waals surface area contributed by atoms with Crippen LogP contribution in [0, 0.1) is 11.6 Å².